The number of ether oxygens (including phenoxy) is 1. The summed E-state index contributed by atoms with van der Waals surface area (Å²) in [6.07, 6.45) is 2.62. The van der Waals surface area contributed by atoms with Gasteiger partial charge >= 0.3 is 0 Å². The Hall–Kier alpha value is -4.67. The minimum Gasteiger partial charge on any atom is -0.484 e. The molecule has 4 aromatic rings. The van der Waals surface area contributed by atoms with E-state index in [2.05, 4.69) is 15.8 Å². The molecule has 0 spiro atoms. The van der Waals surface area contributed by atoms with Gasteiger partial charge in [0, 0.05) is 16.3 Å². The van der Waals surface area contributed by atoms with Crippen molar-refractivity contribution in [3.63, 3.8) is 0 Å². The number of hydrogen-bond acceptors (Lipinski definition) is 6. The minimum atomic E-state index is -3.56. The molecule has 0 aliphatic heterocycles. The number of hydrazone groups is 1. The van der Waals surface area contributed by atoms with Gasteiger partial charge in [-0.05, 0) is 90.3 Å². The molecule has 0 saturated carbocycles. The summed E-state index contributed by atoms with van der Waals surface area (Å²) in [5.41, 5.74) is 6.38. The highest BCUT2D eigenvalue weighted by Crippen LogP contribution is 2.23. The van der Waals surface area contributed by atoms with Gasteiger partial charge < -0.3 is 10.1 Å². The van der Waals surface area contributed by atoms with Crippen LogP contribution in [0.1, 0.15) is 27.0 Å². The zero-order valence-corrected chi connectivity index (χ0v) is 24.5. The maximum atomic E-state index is 12.6. The molecule has 0 bridgehead atoms. The number of carbonyl (C=O) groups excluding carboxylic acids is 2. The zero-order valence-electron chi connectivity index (χ0n) is 23.0. The van der Waals surface area contributed by atoms with Gasteiger partial charge in [-0.25, -0.2) is 13.8 Å². The van der Waals surface area contributed by atoms with Gasteiger partial charge in [-0.3, -0.25) is 13.9 Å². The molecule has 4 aromatic carbocycles. The smallest absolute Gasteiger partial charge is 0.271 e. The van der Waals surface area contributed by atoms with Crippen molar-refractivity contribution in [3.8, 4) is 5.75 Å². The van der Waals surface area contributed by atoms with Crippen LogP contribution in [0.5, 0.6) is 5.75 Å². The maximum absolute atomic E-state index is 12.6. The fourth-order valence-electron chi connectivity index (χ4n) is 3.91. The Morgan fingerprint density at radius 2 is 1.67 bits per heavy atom. The molecule has 0 heterocycles. The molecule has 0 radical (unpaired) electrons. The number of halogens is 1. The summed E-state index contributed by atoms with van der Waals surface area (Å²) in [6.45, 7) is 1.93. The van der Waals surface area contributed by atoms with Crippen molar-refractivity contribution in [2.75, 3.05) is 22.5 Å². The largest absolute Gasteiger partial charge is 0.484 e. The van der Waals surface area contributed by atoms with Crippen LogP contribution < -0.4 is 19.8 Å². The molecule has 4 rings (SSSR count). The van der Waals surface area contributed by atoms with Crippen molar-refractivity contribution in [1.82, 2.24) is 5.43 Å². The van der Waals surface area contributed by atoms with Crippen molar-refractivity contribution in [1.29, 1.82) is 0 Å². The van der Waals surface area contributed by atoms with E-state index in [4.69, 9.17) is 16.3 Å². The predicted molar refractivity (Wildman–Crippen MR) is 166 cm³/mol. The highest BCUT2D eigenvalue weighted by Gasteiger charge is 2.19. The van der Waals surface area contributed by atoms with Crippen LogP contribution in [-0.2, 0) is 21.4 Å². The van der Waals surface area contributed by atoms with E-state index >= 15 is 0 Å². The lowest BCUT2D eigenvalue weighted by atomic mass is 10.1. The van der Waals surface area contributed by atoms with Gasteiger partial charge in [-0.15, -0.1) is 0 Å². The van der Waals surface area contributed by atoms with E-state index in [0.29, 0.717) is 33.3 Å². The van der Waals surface area contributed by atoms with Crippen LogP contribution in [0.2, 0.25) is 5.02 Å². The second-order valence-electron chi connectivity index (χ2n) is 9.36. The van der Waals surface area contributed by atoms with Gasteiger partial charge in [0.25, 0.3) is 11.8 Å². The number of aryl methyl sites for hydroxylation is 1. The van der Waals surface area contributed by atoms with Crippen molar-refractivity contribution in [2.45, 2.75) is 13.5 Å². The SMILES string of the molecule is Cc1ccccc1CN(c1ccc(C(=O)N/N=C\c2ccc(OCC(=O)Nc3cccc(Cl)c3)cc2)cc1)S(C)(=O)=O. The lowest BCUT2D eigenvalue weighted by molar-refractivity contribution is -0.118. The van der Waals surface area contributed by atoms with E-state index in [1.54, 1.807) is 72.8 Å². The first kappa shape index (κ1) is 30.3. The molecule has 0 unspecified atom stereocenters. The summed E-state index contributed by atoms with van der Waals surface area (Å²) in [5, 5.41) is 7.21. The zero-order chi connectivity index (χ0) is 30.1. The first-order valence-corrected chi connectivity index (χ1v) is 15.0. The second kappa shape index (κ2) is 13.8. The van der Waals surface area contributed by atoms with Crippen molar-refractivity contribution >= 4 is 51.0 Å². The van der Waals surface area contributed by atoms with Crippen molar-refractivity contribution in [2.24, 2.45) is 5.10 Å². The number of hydrogen-bond donors (Lipinski definition) is 2. The average molecular weight is 605 g/mol. The third-order valence-electron chi connectivity index (χ3n) is 6.13. The van der Waals surface area contributed by atoms with Gasteiger partial charge in [0.1, 0.15) is 5.75 Å². The predicted octanol–water partition coefficient (Wildman–Crippen LogP) is 5.40. The maximum Gasteiger partial charge on any atom is 0.271 e. The molecule has 216 valence electrons. The number of nitrogens with one attached hydrogen (secondary N) is 2. The number of amides is 2. The van der Waals surface area contributed by atoms with Crippen LogP contribution in [0.3, 0.4) is 0 Å². The van der Waals surface area contributed by atoms with Crippen LogP contribution in [0.15, 0.2) is 102 Å². The molecule has 9 nitrogen and oxygen atoms in total. The third-order valence-corrected chi connectivity index (χ3v) is 7.51. The minimum absolute atomic E-state index is 0.178. The molecule has 0 aliphatic rings. The van der Waals surface area contributed by atoms with Gasteiger partial charge in [0.2, 0.25) is 10.0 Å². The molecular formula is C31H29ClN4O5S. The van der Waals surface area contributed by atoms with Gasteiger partial charge in [-0.1, -0.05) is 41.9 Å². The number of rotatable bonds is 11. The Kier molecular flexibility index (Phi) is 9.95. The Morgan fingerprint density at radius 1 is 0.952 bits per heavy atom. The molecule has 0 saturated heterocycles. The first-order valence-electron chi connectivity index (χ1n) is 12.8. The van der Waals surface area contributed by atoms with Crippen molar-refractivity contribution in [3.05, 3.63) is 124 Å². The molecule has 0 aliphatic carbocycles. The first-order chi connectivity index (χ1) is 20.1. The highest BCUT2D eigenvalue weighted by molar-refractivity contribution is 7.92. The van der Waals surface area contributed by atoms with E-state index in [1.807, 2.05) is 31.2 Å². The number of carbonyl (C=O) groups is 2. The van der Waals surface area contributed by atoms with E-state index in [-0.39, 0.29) is 19.1 Å². The summed E-state index contributed by atoms with van der Waals surface area (Å²) in [4.78, 5) is 24.7. The quantitative estimate of drug-likeness (QED) is 0.176. The molecule has 2 amide bonds. The average Bonchev–Trinajstić information content (AvgIpc) is 2.96. The molecule has 11 heteroatoms. The van der Waals surface area contributed by atoms with E-state index in [0.717, 1.165) is 17.4 Å². The van der Waals surface area contributed by atoms with Gasteiger partial charge in [0.05, 0.1) is 24.7 Å². The normalized spacial score (nSPS) is 11.2. The molecule has 0 fully saturated rings. The fourth-order valence-corrected chi connectivity index (χ4v) is 4.98. The molecule has 0 aromatic heterocycles. The standard InChI is InChI=1S/C31H29ClN4O5S/c1-22-6-3-4-7-25(22)20-36(42(2,39)40)28-14-12-24(13-15-28)31(38)35-33-19-23-10-16-29(17-11-23)41-21-30(37)34-27-9-5-8-26(32)18-27/h3-19H,20-21H2,1-2H3,(H,34,37)(H,35,38)/b33-19-. The molecular weight excluding hydrogens is 576 g/mol. The van der Waals surface area contributed by atoms with E-state index in [1.165, 1.54) is 10.5 Å². The van der Waals surface area contributed by atoms with E-state index < -0.39 is 15.9 Å². The summed E-state index contributed by atoms with van der Waals surface area (Å²) >= 11 is 5.92. The molecule has 0 atom stereocenters. The Balaban J connectivity index is 1.29. The van der Waals surface area contributed by atoms with Crippen molar-refractivity contribution < 1.29 is 22.7 Å². The Bertz CT molecular complexity index is 1690. The summed E-state index contributed by atoms with van der Waals surface area (Å²) in [7, 11) is -3.56. The second-order valence-corrected chi connectivity index (χ2v) is 11.7. The lowest BCUT2D eigenvalue weighted by Gasteiger charge is -2.23. The molecule has 2 N–H and O–H groups in total. The van der Waals surface area contributed by atoms with Crippen LogP contribution in [0.4, 0.5) is 11.4 Å². The number of nitrogens with zero attached hydrogens (tertiary/aromatic N) is 2. The topological polar surface area (TPSA) is 117 Å². The molecule has 42 heavy (non-hydrogen) atoms. The third kappa shape index (κ3) is 8.66. The fraction of sp³-hybridized carbons (Fsp3) is 0.129. The van der Waals surface area contributed by atoms with Crippen LogP contribution in [-0.4, -0.2) is 39.3 Å². The van der Waals surface area contributed by atoms with Crippen LogP contribution in [0, 0.1) is 6.92 Å². The Labute approximate surface area is 249 Å². The van der Waals surface area contributed by atoms with Gasteiger partial charge in [-0.2, -0.15) is 5.10 Å². The summed E-state index contributed by atoms with van der Waals surface area (Å²) in [6, 6.07) is 27.5. The lowest BCUT2D eigenvalue weighted by Crippen LogP contribution is -2.29. The van der Waals surface area contributed by atoms with Crippen LogP contribution >= 0.6 is 11.6 Å². The van der Waals surface area contributed by atoms with E-state index in [9.17, 15) is 18.0 Å². The van der Waals surface area contributed by atoms with Crippen LogP contribution in [0.25, 0.3) is 0 Å². The summed E-state index contributed by atoms with van der Waals surface area (Å²) in [5.74, 6) is -0.287. The summed E-state index contributed by atoms with van der Waals surface area (Å²) < 4.78 is 31.8. The Morgan fingerprint density at radius 3 is 2.33 bits per heavy atom. The monoisotopic (exact) mass is 604 g/mol. The van der Waals surface area contributed by atoms with Gasteiger partial charge in [0.15, 0.2) is 6.61 Å². The number of benzene rings is 4. The highest BCUT2D eigenvalue weighted by atomic mass is 35.5. The number of sulfonamides is 1. The number of anilines is 2.